The number of halogens is 3. The molecule has 5 N–H and O–H groups in total. The Hall–Kier alpha value is -7.18. The molecule has 15 nitrogen and oxygen atoms in total. The van der Waals surface area contributed by atoms with Gasteiger partial charge in [-0.05, 0) is 198 Å². The number of rotatable bonds is 11. The zero-order valence-electron chi connectivity index (χ0n) is 57.4. The van der Waals surface area contributed by atoms with Crippen molar-refractivity contribution in [3.05, 3.63) is 216 Å². The van der Waals surface area contributed by atoms with Crippen molar-refractivity contribution in [2.24, 2.45) is 33.9 Å². The zero-order valence-corrected chi connectivity index (χ0v) is 59.6. The molecule has 510 valence electrons. The van der Waals surface area contributed by atoms with Gasteiger partial charge < -0.3 is 19.5 Å². The minimum absolute atomic E-state index is 0. The first-order valence-electron chi connectivity index (χ1n) is 32.0. The lowest BCUT2D eigenvalue weighted by Gasteiger charge is -2.36. The van der Waals surface area contributed by atoms with Crippen molar-refractivity contribution >= 4 is 76.3 Å². The third-order valence-corrected chi connectivity index (χ3v) is 20.6. The van der Waals surface area contributed by atoms with Crippen molar-refractivity contribution in [2.75, 3.05) is 5.43 Å². The molecule has 0 saturated heterocycles. The number of hydrazine groups is 2. The van der Waals surface area contributed by atoms with Gasteiger partial charge in [0.25, 0.3) is 5.56 Å². The maximum Gasteiger partial charge on any atom is 0.490 e. The Balaban J connectivity index is 0.000000196. The molecular weight excluding hydrogens is 1260 g/mol. The summed E-state index contributed by atoms with van der Waals surface area (Å²) in [6, 6.07) is 46.7. The summed E-state index contributed by atoms with van der Waals surface area (Å²) in [7, 11) is -1.57. The molecule has 0 spiro atoms. The predicted molar refractivity (Wildman–Crippen MR) is 385 cm³/mol. The van der Waals surface area contributed by atoms with Crippen LogP contribution in [0.4, 0.5) is 15.3 Å². The van der Waals surface area contributed by atoms with Crippen LogP contribution in [0.5, 0.6) is 0 Å². The summed E-state index contributed by atoms with van der Waals surface area (Å²) in [5.74, 6) is 5.65. The second-order valence-corrected chi connectivity index (χ2v) is 29.9. The van der Waals surface area contributed by atoms with Crippen molar-refractivity contribution in [3.63, 3.8) is 0 Å². The lowest BCUT2D eigenvalue weighted by atomic mass is 9.70. The lowest BCUT2D eigenvalue weighted by Crippen LogP contribution is -2.40. The molecule has 5 atom stereocenters. The molecule has 4 bridgehead atoms. The number of ketones is 1. The molecular formula is C76H98BCl3N6O9. The molecule has 4 aliphatic carbocycles. The van der Waals surface area contributed by atoms with Crippen molar-refractivity contribution in [1.29, 1.82) is 0 Å². The number of ether oxygens (including phenoxy) is 2. The Bertz CT molecular complexity index is 3880. The van der Waals surface area contributed by atoms with Gasteiger partial charge in [0, 0.05) is 31.9 Å². The molecule has 2 amide bonds. The molecule has 11 rings (SSSR count). The number of aromatic nitrogens is 2. The summed E-state index contributed by atoms with van der Waals surface area (Å²) in [5.41, 5.74) is 14.5. The number of anilines is 1. The summed E-state index contributed by atoms with van der Waals surface area (Å²) in [6.45, 7) is 34.1. The van der Waals surface area contributed by atoms with Crippen LogP contribution in [0.15, 0.2) is 150 Å². The molecule has 7 aromatic rings. The van der Waals surface area contributed by atoms with Crippen LogP contribution in [0.25, 0.3) is 5.69 Å². The van der Waals surface area contributed by atoms with E-state index < -0.39 is 41.7 Å². The minimum Gasteiger partial charge on any atom is -0.443 e. The number of benzene rings is 6. The first-order valence-corrected chi connectivity index (χ1v) is 33.2. The molecule has 1 unspecified atom stereocenters. The van der Waals surface area contributed by atoms with E-state index in [-0.39, 0.29) is 51.8 Å². The molecule has 0 radical (unpaired) electrons. The van der Waals surface area contributed by atoms with Gasteiger partial charge in [0.1, 0.15) is 11.2 Å². The van der Waals surface area contributed by atoms with E-state index in [1.807, 2.05) is 118 Å². The minimum atomic E-state index is -1.57. The van der Waals surface area contributed by atoms with E-state index in [0.717, 1.165) is 70.9 Å². The second kappa shape index (κ2) is 30.9. The number of Topliss-reactive ketones (excluding diaryl/α,β-unsaturated/α-hetero) is 1. The predicted octanol–water partition coefficient (Wildman–Crippen LogP) is 16.5. The largest absolute Gasteiger partial charge is 0.490 e. The summed E-state index contributed by atoms with van der Waals surface area (Å²) in [5, 5.41) is 20.3. The number of fused-ring (bicyclic) bond motifs is 7. The molecule has 3 saturated carbocycles. The molecule has 4 aliphatic rings. The summed E-state index contributed by atoms with van der Waals surface area (Å²) in [4.78, 5) is 61.3. The van der Waals surface area contributed by atoms with Gasteiger partial charge in [-0.15, -0.1) is 0 Å². The SMILES string of the molecule is C.CC(C)(C)OC(=O)N(N)Cc1ccccc1.CC1(C)[C@H]2CC[C@]1(C)C(=O)C2C(=O)Cl.Cc1cccc(-n2c(=O)c3c(n2Cc2ccccc2)[C@@]2(C)CC[C@@H]3C2(C)C)c1C.Cc1cccc(NN(Cc2ccccc2)C(=O)OC(C)(C)C)c1C.OB(O)c1cc(Cl)ccc1Cl. The van der Waals surface area contributed by atoms with Crippen LogP contribution in [0.3, 0.4) is 0 Å². The van der Waals surface area contributed by atoms with E-state index in [2.05, 4.69) is 114 Å². The van der Waals surface area contributed by atoms with Gasteiger partial charge >= 0.3 is 19.3 Å². The van der Waals surface area contributed by atoms with Crippen LogP contribution in [-0.2, 0) is 44.1 Å². The van der Waals surface area contributed by atoms with Crippen molar-refractivity contribution < 1.29 is 38.7 Å². The van der Waals surface area contributed by atoms with E-state index in [9.17, 15) is 24.0 Å². The molecule has 3 fully saturated rings. The number of amides is 2. The van der Waals surface area contributed by atoms with Crippen LogP contribution >= 0.6 is 34.8 Å². The topological polar surface area (TPSA) is 199 Å². The zero-order chi connectivity index (χ0) is 69.6. The number of carbonyl (C=O) groups excluding carboxylic acids is 4. The van der Waals surface area contributed by atoms with E-state index >= 15 is 0 Å². The van der Waals surface area contributed by atoms with Gasteiger partial charge in [-0.1, -0.05) is 187 Å². The van der Waals surface area contributed by atoms with E-state index in [1.54, 1.807) is 26.8 Å². The van der Waals surface area contributed by atoms with E-state index in [0.29, 0.717) is 29.1 Å². The Morgan fingerprint density at radius 3 is 1.65 bits per heavy atom. The average molecular weight is 1360 g/mol. The second-order valence-electron chi connectivity index (χ2n) is 28.7. The standard InChI is InChI=1S/C26H30N2O.C20H26N2O2.C12H18N2O2.C11H15ClO2.C6H5BCl2O2.CH4/c1-17-10-9-13-21(18(17)2)28-24(29)22-20-14-15-26(5,25(20,3)4)23(22)27(28)16-19-11-7-6-8-12-19;1-15-10-9-13-18(16(15)2)21-22(19(23)24-20(3,4)5)14-17-11-7-6-8-12-17;1-12(2,3)16-11(15)14(13)9-10-7-5-4-6-8-10;1-10(2)6-4-5-11(10,3)8(13)7(6)9(12)14;8-4-1-2-6(9)5(3-4)7(10)11;/h6-13,20H,14-16H2,1-5H3;6-13,21H,14H2,1-5H3;4-8H,9,13H2,1-3H3;6-7H,4-5H2,1-3H3;1-3,10-11H;1H4/t20-,26+;;;6-,7?,11+;;/m0..0../s1. The Morgan fingerprint density at radius 1 is 0.653 bits per heavy atom. The van der Waals surface area contributed by atoms with Crippen LogP contribution in [0.1, 0.15) is 172 Å². The van der Waals surface area contributed by atoms with Crippen LogP contribution in [0, 0.1) is 55.8 Å². The van der Waals surface area contributed by atoms with Gasteiger partial charge in [0.2, 0.25) is 5.24 Å². The fraction of sp³-hybridized carbons (Fsp3) is 0.434. The van der Waals surface area contributed by atoms with Crippen molar-refractivity contribution in [2.45, 2.75) is 186 Å². The fourth-order valence-corrected chi connectivity index (χ4v) is 14.1. The highest BCUT2D eigenvalue weighted by Crippen LogP contribution is 2.68. The van der Waals surface area contributed by atoms with Gasteiger partial charge in [0.05, 0.1) is 42.6 Å². The highest BCUT2D eigenvalue weighted by Gasteiger charge is 2.68. The number of hydrogen-bond donors (Lipinski definition) is 4. The fourth-order valence-electron chi connectivity index (χ4n) is 13.5. The molecule has 0 aliphatic heterocycles. The number of carbonyl (C=O) groups is 4. The highest BCUT2D eigenvalue weighted by atomic mass is 35.5. The van der Waals surface area contributed by atoms with Crippen molar-refractivity contribution in [3.8, 4) is 5.69 Å². The Kier molecular flexibility index (Phi) is 25.0. The number of nitrogens with two attached hydrogens (primary N) is 1. The Morgan fingerprint density at radius 2 is 1.16 bits per heavy atom. The average Bonchev–Trinajstić information content (AvgIpc) is 1.51. The molecule has 1 heterocycles. The normalized spacial score (nSPS) is 19.7. The third-order valence-electron chi connectivity index (χ3n) is 19.7. The summed E-state index contributed by atoms with van der Waals surface area (Å²) >= 11 is 16.7. The quantitative estimate of drug-likeness (QED) is 0.0240. The summed E-state index contributed by atoms with van der Waals surface area (Å²) in [6.07, 6.45) is 3.22. The first kappa shape index (κ1) is 76.8. The maximum absolute atomic E-state index is 13.9. The molecule has 95 heavy (non-hydrogen) atoms. The number of nitrogens with one attached hydrogen (secondary N) is 1. The monoisotopic (exact) mass is 1350 g/mol. The molecule has 19 heteroatoms. The van der Waals surface area contributed by atoms with Gasteiger partial charge in [-0.25, -0.2) is 30.1 Å². The smallest absolute Gasteiger partial charge is 0.443 e. The maximum atomic E-state index is 13.9. The van der Waals surface area contributed by atoms with E-state index in [4.69, 9.17) is 60.2 Å². The van der Waals surface area contributed by atoms with Gasteiger partial charge in [-0.3, -0.25) is 24.5 Å². The number of nitrogens with zero attached hydrogens (tertiary/aromatic N) is 4. The lowest BCUT2D eigenvalue weighted by molar-refractivity contribution is -0.135. The van der Waals surface area contributed by atoms with Crippen LogP contribution < -0.4 is 22.3 Å². The van der Waals surface area contributed by atoms with Gasteiger partial charge in [0.15, 0.2) is 5.78 Å². The Labute approximate surface area is 578 Å². The van der Waals surface area contributed by atoms with E-state index in [1.165, 1.54) is 45.1 Å². The number of aryl methyl sites for hydroxylation is 2. The number of hydrogen-bond acceptors (Lipinski definition) is 11. The first-order chi connectivity index (χ1) is 43.8. The molecule has 1 aromatic heterocycles. The van der Waals surface area contributed by atoms with Gasteiger partial charge in [-0.2, -0.15) is 0 Å². The van der Waals surface area contributed by atoms with Crippen LogP contribution in [0.2, 0.25) is 10.0 Å². The third kappa shape index (κ3) is 17.3. The molecule has 6 aromatic carbocycles. The summed E-state index contributed by atoms with van der Waals surface area (Å²) < 4.78 is 15.0. The highest BCUT2D eigenvalue weighted by molar-refractivity contribution is 6.66. The van der Waals surface area contributed by atoms with Crippen LogP contribution in [-0.4, -0.2) is 71.0 Å². The van der Waals surface area contributed by atoms with Crippen molar-refractivity contribution in [1.82, 2.24) is 19.4 Å².